The summed E-state index contributed by atoms with van der Waals surface area (Å²) in [5, 5.41) is 6.01. The van der Waals surface area contributed by atoms with Gasteiger partial charge in [-0.25, -0.2) is 24.6 Å². The maximum atomic E-state index is 13.3. The molecule has 3 rings (SSSR count). The SMILES string of the molecule is COCCOCC(C)(C)NC(=NC1CC(c2ccc(F)cc2)NN1)NC(=O)c1ccc(F)cc1. The minimum Gasteiger partial charge on any atom is -0.382 e. The highest BCUT2D eigenvalue weighted by Crippen LogP contribution is 2.23. The second-order valence-electron chi connectivity index (χ2n) is 8.64. The first kappa shape index (κ1) is 25.7. The Morgan fingerprint density at radius 1 is 1.06 bits per heavy atom. The van der Waals surface area contributed by atoms with Crippen LogP contribution in [0.2, 0.25) is 0 Å². The number of carbonyl (C=O) groups is 1. The topological polar surface area (TPSA) is 96.0 Å². The van der Waals surface area contributed by atoms with Gasteiger partial charge >= 0.3 is 0 Å². The molecule has 1 amide bonds. The van der Waals surface area contributed by atoms with Crippen molar-refractivity contribution < 1.29 is 23.0 Å². The highest BCUT2D eigenvalue weighted by Gasteiger charge is 2.27. The molecule has 2 aromatic rings. The summed E-state index contributed by atoms with van der Waals surface area (Å²) in [5.74, 6) is -0.905. The first-order valence-corrected chi connectivity index (χ1v) is 11.0. The van der Waals surface area contributed by atoms with Crippen LogP contribution in [-0.2, 0) is 9.47 Å². The van der Waals surface area contributed by atoms with E-state index < -0.39 is 17.3 Å². The van der Waals surface area contributed by atoms with E-state index in [1.165, 1.54) is 36.4 Å². The lowest BCUT2D eigenvalue weighted by molar-refractivity contribution is 0.0458. The van der Waals surface area contributed by atoms with Crippen LogP contribution in [0, 0.1) is 11.6 Å². The number of methoxy groups -OCH3 is 1. The number of halogens is 2. The quantitative estimate of drug-likeness (QED) is 0.253. The van der Waals surface area contributed by atoms with Crippen LogP contribution >= 0.6 is 0 Å². The molecule has 0 aromatic heterocycles. The number of hydrogen-bond acceptors (Lipinski definition) is 6. The van der Waals surface area contributed by atoms with Crippen molar-refractivity contribution in [2.45, 2.75) is 38.0 Å². The fourth-order valence-electron chi connectivity index (χ4n) is 3.40. The molecule has 0 aliphatic carbocycles. The van der Waals surface area contributed by atoms with Crippen molar-refractivity contribution in [2.24, 2.45) is 4.99 Å². The molecule has 0 bridgehead atoms. The van der Waals surface area contributed by atoms with E-state index in [-0.39, 0.29) is 24.0 Å². The summed E-state index contributed by atoms with van der Waals surface area (Å²) < 4.78 is 37.1. The molecule has 0 saturated carbocycles. The number of rotatable bonds is 9. The molecule has 1 fully saturated rings. The van der Waals surface area contributed by atoms with Gasteiger partial charge in [0, 0.05) is 25.1 Å². The first-order valence-electron chi connectivity index (χ1n) is 11.0. The predicted octanol–water partition coefficient (Wildman–Crippen LogP) is 2.65. The van der Waals surface area contributed by atoms with Gasteiger partial charge in [-0.1, -0.05) is 12.1 Å². The Labute approximate surface area is 198 Å². The van der Waals surface area contributed by atoms with Crippen LogP contribution in [0.5, 0.6) is 0 Å². The number of hydrazine groups is 1. The molecular weight excluding hydrogens is 444 g/mol. The fourth-order valence-corrected chi connectivity index (χ4v) is 3.40. The van der Waals surface area contributed by atoms with Crippen LogP contribution in [0.3, 0.4) is 0 Å². The predicted molar refractivity (Wildman–Crippen MR) is 125 cm³/mol. The van der Waals surface area contributed by atoms with Gasteiger partial charge in [0.2, 0.25) is 0 Å². The maximum absolute atomic E-state index is 13.3. The van der Waals surface area contributed by atoms with Crippen molar-refractivity contribution in [2.75, 3.05) is 26.9 Å². The molecule has 2 unspecified atom stereocenters. The van der Waals surface area contributed by atoms with Crippen LogP contribution in [0.1, 0.15) is 42.2 Å². The Hall–Kier alpha value is -2.92. The molecule has 8 nitrogen and oxygen atoms in total. The molecule has 1 saturated heterocycles. The van der Waals surface area contributed by atoms with E-state index in [0.29, 0.717) is 31.8 Å². The van der Waals surface area contributed by atoms with Crippen molar-refractivity contribution in [1.29, 1.82) is 0 Å². The van der Waals surface area contributed by atoms with Crippen LogP contribution in [0.15, 0.2) is 53.5 Å². The molecule has 1 heterocycles. The number of ether oxygens (including phenoxy) is 2. The number of nitrogens with zero attached hydrogens (tertiary/aromatic N) is 1. The van der Waals surface area contributed by atoms with Crippen molar-refractivity contribution in [3.05, 3.63) is 71.3 Å². The third kappa shape index (κ3) is 7.84. The lowest BCUT2D eigenvalue weighted by atomic mass is 10.0. The highest BCUT2D eigenvalue weighted by atomic mass is 19.1. The second kappa shape index (κ2) is 12.0. The van der Waals surface area contributed by atoms with Gasteiger partial charge in [-0.3, -0.25) is 10.1 Å². The Morgan fingerprint density at radius 3 is 2.35 bits per heavy atom. The van der Waals surface area contributed by atoms with Crippen molar-refractivity contribution in [3.8, 4) is 0 Å². The Kier molecular flexibility index (Phi) is 9.05. The molecule has 0 radical (unpaired) electrons. The third-order valence-corrected chi connectivity index (χ3v) is 5.13. The van der Waals surface area contributed by atoms with Gasteiger partial charge < -0.3 is 14.8 Å². The van der Waals surface area contributed by atoms with Crippen LogP contribution in [0.4, 0.5) is 8.78 Å². The molecule has 10 heteroatoms. The summed E-state index contributed by atoms with van der Waals surface area (Å²) in [6.45, 7) is 5.09. The van der Waals surface area contributed by atoms with Gasteiger partial charge in [0.15, 0.2) is 5.96 Å². The summed E-state index contributed by atoms with van der Waals surface area (Å²) in [6.07, 6.45) is 0.213. The molecule has 0 spiro atoms. The summed E-state index contributed by atoms with van der Waals surface area (Å²) in [6, 6.07) is 11.4. The number of benzene rings is 2. The summed E-state index contributed by atoms with van der Waals surface area (Å²) >= 11 is 0. The van der Waals surface area contributed by atoms with E-state index in [4.69, 9.17) is 9.47 Å². The van der Waals surface area contributed by atoms with Crippen molar-refractivity contribution in [1.82, 2.24) is 21.5 Å². The van der Waals surface area contributed by atoms with Crippen LogP contribution < -0.4 is 21.5 Å². The number of amides is 1. The summed E-state index contributed by atoms with van der Waals surface area (Å²) in [7, 11) is 1.60. The van der Waals surface area contributed by atoms with E-state index in [1.54, 1.807) is 19.2 Å². The Bertz CT molecular complexity index is 968. The normalized spacial score (nSPS) is 18.7. The molecular formula is C24H31F2N5O3. The number of nitrogens with one attached hydrogen (secondary N) is 4. The monoisotopic (exact) mass is 475 g/mol. The number of guanidine groups is 1. The van der Waals surface area contributed by atoms with Gasteiger partial charge in [0.1, 0.15) is 17.8 Å². The van der Waals surface area contributed by atoms with Gasteiger partial charge in [-0.05, 0) is 55.8 Å². The Balaban J connectivity index is 1.72. The zero-order chi connectivity index (χ0) is 24.6. The smallest absolute Gasteiger partial charge is 0.257 e. The van der Waals surface area contributed by atoms with Gasteiger partial charge in [0.05, 0.1) is 25.4 Å². The number of carbonyl (C=O) groups excluding carboxylic acids is 1. The maximum Gasteiger partial charge on any atom is 0.257 e. The molecule has 4 N–H and O–H groups in total. The number of aliphatic imine (C=N–C) groups is 1. The summed E-state index contributed by atoms with van der Waals surface area (Å²) in [5.41, 5.74) is 6.90. The molecule has 2 atom stereocenters. The van der Waals surface area contributed by atoms with Gasteiger partial charge in [-0.2, -0.15) is 0 Å². The van der Waals surface area contributed by atoms with E-state index >= 15 is 0 Å². The fraction of sp³-hybridized carbons (Fsp3) is 0.417. The van der Waals surface area contributed by atoms with Crippen molar-refractivity contribution >= 4 is 11.9 Å². The minimum atomic E-state index is -0.564. The highest BCUT2D eigenvalue weighted by molar-refractivity contribution is 6.05. The average molecular weight is 476 g/mol. The van der Waals surface area contributed by atoms with E-state index in [2.05, 4.69) is 26.5 Å². The first-order chi connectivity index (χ1) is 16.3. The largest absolute Gasteiger partial charge is 0.382 e. The minimum absolute atomic E-state index is 0.0752. The molecule has 1 aliphatic heterocycles. The molecule has 34 heavy (non-hydrogen) atoms. The number of hydrogen-bond donors (Lipinski definition) is 4. The Morgan fingerprint density at radius 2 is 1.71 bits per heavy atom. The van der Waals surface area contributed by atoms with Crippen LogP contribution in [0.25, 0.3) is 0 Å². The van der Waals surface area contributed by atoms with E-state index in [0.717, 1.165) is 5.56 Å². The van der Waals surface area contributed by atoms with Crippen molar-refractivity contribution in [3.63, 3.8) is 0 Å². The van der Waals surface area contributed by atoms with Crippen LogP contribution in [-0.4, -0.2) is 50.5 Å². The lowest BCUT2D eigenvalue weighted by Gasteiger charge is -2.28. The second-order valence-corrected chi connectivity index (χ2v) is 8.64. The molecule has 1 aliphatic rings. The zero-order valence-corrected chi connectivity index (χ0v) is 19.5. The lowest BCUT2D eigenvalue weighted by Crippen LogP contribution is -2.54. The zero-order valence-electron chi connectivity index (χ0n) is 19.5. The van der Waals surface area contributed by atoms with E-state index in [9.17, 15) is 13.6 Å². The third-order valence-electron chi connectivity index (χ3n) is 5.13. The van der Waals surface area contributed by atoms with Gasteiger partial charge in [-0.15, -0.1) is 0 Å². The average Bonchev–Trinajstić information content (AvgIpc) is 3.25. The van der Waals surface area contributed by atoms with Gasteiger partial charge in [0.25, 0.3) is 5.91 Å². The van der Waals surface area contributed by atoms with E-state index in [1.807, 2.05) is 13.8 Å². The molecule has 2 aromatic carbocycles. The summed E-state index contributed by atoms with van der Waals surface area (Å²) in [4.78, 5) is 17.4. The molecule has 184 valence electrons. The standard InChI is InChI=1S/C24H31F2N5O3/c1-24(2,15-34-13-12-33-3)29-23(28-22(32)17-6-10-19(26)11-7-17)27-21-14-20(30-31-21)16-4-8-18(25)9-5-16/h4-11,20-21,30-31H,12-15H2,1-3H3,(H2,27,28,29,32).